The Hall–Kier alpha value is -3.30. The lowest BCUT2D eigenvalue weighted by atomic mass is 10.1. The average Bonchev–Trinajstić information content (AvgIpc) is 2.92. The van der Waals surface area contributed by atoms with Crippen LogP contribution < -0.4 is 10.6 Å². The van der Waals surface area contributed by atoms with Crippen molar-refractivity contribution in [2.45, 2.75) is 57.6 Å². The number of carboxylic acid groups (broad SMARTS) is 1. The minimum Gasteiger partial charge on any atom is -0.480 e. The zero-order valence-corrected chi connectivity index (χ0v) is 21.8. The largest absolute Gasteiger partial charge is 0.480 e. The van der Waals surface area contributed by atoms with Gasteiger partial charge in [0.15, 0.2) is 0 Å². The van der Waals surface area contributed by atoms with Gasteiger partial charge in [-0.05, 0) is 75.8 Å². The SMILES string of the molecule is CO[C@@H](C)CN(CCCCc1ccc2c(n1)NCCC2)CC[C@H](Nc1ncnc2ccccc12)C(=O)O. The van der Waals surface area contributed by atoms with Crippen LogP contribution in [-0.4, -0.2) is 76.4 Å². The van der Waals surface area contributed by atoms with Gasteiger partial charge in [-0.15, -0.1) is 0 Å². The number of hydrogen-bond donors (Lipinski definition) is 3. The van der Waals surface area contributed by atoms with Gasteiger partial charge in [-0.2, -0.15) is 0 Å². The Morgan fingerprint density at radius 3 is 2.89 bits per heavy atom. The van der Waals surface area contributed by atoms with Crippen molar-refractivity contribution < 1.29 is 14.6 Å². The zero-order valence-electron chi connectivity index (χ0n) is 21.8. The summed E-state index contributed by atoms with van der Waals surface area (Å²) in [6.07, 6.45) is 7.20. The number of pyridine rings is 1. The number of aliphatic carboxylic acids is 1. The highest BCUT2D eigenvalue weighted by Crippen LogP contribution is 2.21. The predicted molar refractivity (Wildman–Crippen MR) is 146 cm³/mol. The van der Waals surface area contributed by atoms with Gasteiger partial charge in [0.25, 0.3) is 0 Å². The van der Waals surface area contributed by atoms with E-state index in [0.29, 0.717) is 18.8 Å². The maximum Gasteiger partial charge on any atom is 0.326 e. The first kappa shape index (κ1) is 26.8. The lowest BCUT2D eigenvalue weighted by molar-refractivity contribution is -0.138. The van der Waals surface area contributed by atoms with Gasteiger partial charge in [0.1, 0.15) is 24.0 Å². The summed E-state index contributed by atoms with van der Waals surface area (Å²) in [5.74, 6) is 0.694. The molecule has 9 heteroatoms. The van der Waals surface area contributed by atoms with Crippen LogP contribution in [-0.2, 0) is 22.4 Å². The number of nitrogens with one attached hydrogen (secondary N) is 2. The topological polar surface area (TPSA) is 113 Å². The minimum absolute atomic E-state index is 0.0652. The third-order valence-corrected chi connectivity index (χ3v) is 6.91. The number of para-hydroxylation sites is 1. The Balaban J connectivity index is 1.32. The number of carboxylic acids is 1. The molecule has 0 radical (unpaired) electrons. The summed E-state index contributed by atoms with van der Waals surface area (Å²) in [4.78, 5) is 27.8. The van der Waals surface area contributed by atoms with Crippen LogP contribution in [0.5, 0.6) is 0 Å². The minimum atomic E-state index is -0.894. The van der Waals surface area contributed by atoms with Crippen molar-refractivity contribution in [3.05, 3.63) is 54.0 Å². The molecule has 0 spiro atoms. The highest BCUT2D eigenvalue weighted by atomic mass is 16.5. The molecule has 0 saturated carbocycles. The molecular formula is C28H38N6O3. The van der Waals surface area contributed by atoms with Gasteiger partial charge >= 0.3 is 5.97 Å². The molecule has 3 heterocycles. The van der Waals surface area contributed by atoms with Crippen LogP contribution in [0.25, 0.3) is 10.9 Å². The molecule has 1 aliphatic heterocycles. The molecule has 198 valence electrons. The van der Waals surface area contributed by atoms with Gasteiger partial charge in [-0.1, -0.05) is 18.2 Å². The van der Waals surface area contributed by atoms with E-state index in [2.05, 4.69) is 37.6 Å². The molecule has 2 aromatic heterocycles. The van der Waals surface area contributed by atoms with Crippen LogP contribution in [0, 0.1) is 0 Å². The molecule has 2 atom stereocenters. The molecule has 0 unspecified atom stereocenters. The van der Waals surface area contributed by atoms with E-state index in [1.54, 1.807) is 7.11 Å². The molecule has 1 aliphatic rings. The van der Waals surface area contributed by atoms with E-state index in [9.17, 15) is 9.90 Å². The molecule has 1 aromatic carbocycles. The molecule has 9 nitrogen and oxygen atoms in total. The quantitative estimate of drug-likeness (QED) is 0.279. The zero-order chi connectivity index (χ0) is 26.0. The lowest BCUT2D eigenvalue weighted by Gasteiger charge is -2.27. The molecule has 4 rings (SSSR count). The molecule has 3 aromatic rings. The van der Waals surface area contributed by atoms with Crippen molar-refractivity contribution in [2.75, 3.05) is 43.9 Å². The first-order valence-corrected chi connectivity index (χ1v) is 13.2. The summed E-state index contributed by atoms with van der Waals surface area (Å²) in [6, 6.07) is 11.2. The first-order valence-electron chi connectivity index (χ1n) is 13.2. The van der Waals surface area contributed by atoms with E-state index in [1.807, 2.05) is 31.2 Å². The molecular weight excluding hydrogens is 468 g/mol. The Morgan fingerprint density at radius 2 is 2.05 bits per heavy atom. The summed E-state index contributed by atoms with van der Waals surface area (Å²) < 4.78 is 5.50. The predicted octanol–water partition coefficient (Wildman–Crippen LogP) is 4.00. The van der Waals surface area contributed by atoms with Crippen molar-refractivity contribution in [3.8, 4) is 0 Å². The summed E-state index contributed by atoms with van der Waals surface area (Å²) >= 11 is 0. The van der Waals surface area contributed by atoms with Crippen LogP contribution in [0.1, 0.15) is 43.9 Å². The molecule has 0 saturated heterocycles. The molecule has 0 aliphatic carbocycles. The van der Waals surface area contributed by atoms with Crippen LogP contribution in [0.4, 0.5) is 11.6 Å². The molecule has 0 bridgehead atoms. The standard InChI is InChI=1S/C28H38N6O3/c1-20(37-2)18-34(16-6-5-9-22-13-12-21-8-7-15-29-26(21)32-22)17-14-25(28(35)36)33-27-23-10-3-4-11-24(23)30-19-31-27/h3-4,10-13,19-20,25H,5-9,14-18H2,1-2H3,(H,29,32)(H,35,36)(H,30,31,33)/t20-,25-/m0/s1. The second-order valence-corrected chi connectivity index (χ2v) is 9.71. The summed E-state index contributed by atoms with van der Waals surface area (Å²) in [7, 11) is 1.71. The van der Waals surface area contributed by atoms with Gasteiger partial charge in [0, 0.05) is 37.8 Å². The van der Waals surface area contributed by atoms with E-state index >= 15 is 0 Å². The van der Waals surface area contributed by atoms with Crippen molar-refractivity contribution in [2.24, 2.45) is 0 Å². The van der Waals surface area contributed by atoms with E-state index in [4.69, 9.17) is 9.72 Å². The first-order chi connectivity index (χ1) is 18.0. The number of anilines is 2. The number of aryl methyl sites for hydroxylation is 2. The fraction of sp³-hybridized carbons (Fsp3) is 0.500. The number of fused-ring (bicyclic) bond motifs is 2. The molecule has 3 N–H and O–H groups in total. The highest BCUT2D eigenvalue weighted by Gasteiger charge is 2.21. The van der Waals surface area contributed by atoms with Crippen molar-refractivity contribution >= 4 is 28.5 Å². The smallest absolute Gasteiger partial charge is 0.326 e. The second-order valence-electron chi connectivity index (χ2n) is 9.71. The average molecular weight is 507 g/mol. The number of nitrogens with zero attached hydrogens (tertiary/aromatic N) is 4. The number of ether oxygens (including phenoxy) is 1. The number of hydrogen-bond acceptors (Lipinski definition) is 8. The van der Waals surface area contributed by atoms with Gasteiger partial charge in [-0.25, -0.2) is 19.7 Å². The normalized spacial score (nSPS) is 14.7. The molecule has 0 fully saturated rings. The highest BCUT2D eigenvalue weighted by molar-refractivity contribution is 5.90. The number of methoxy groups -OCH3 is 1. The maximum absolute atomic E-state index is 12.1. The molecule has 37 heavy (non-hydrogen) atoms. The van der Waals surface area contributed by atoms with E-state index in [-0.39, 0.29) is 6.10 Å². The van der Waals surface area contributed by atoms with E-state index in [1.165, 1.54) is 11.9 Å². The summed E-state index contributed by atoms with van der Waals surface area (Å²) in [5, 5.41) is 17.3. The van der Waals surface area contributed by atoms with Crippen molar-refractivity contribution in [1.29, 1.82) is 0 Å². The summed E-state index contributed by atoms with van der Waals surface area (Å²) in [6.45, 7) is 5.30. The fourth-order valence-corrected chi connectivity index (χ4v) is 4.74. The van der Waals surface area contributed by atoms with Crippen molar-refractivity contribution in [3.63, 3.8) is 0 Å². The van der Waals surface area contributed by atoms with Gasteiger partial charge in [0.05, 0.1) is 11.6 Å². The lowest BCUT2D eigenvalue weighted by Crippen LogP contribution is -2.38. The Labute approximate surface area is 218 Å². The third kappa shape index (κ3) is 7.60. The summed E-state index contributed by atoms with van der Waals surface area (Å²) in [5.41, 5.74) is 3.22. The third-order valence-electron chi connectivity index (χ3n) is 6.91. The monoisotopic (exact) mass is 506 g/mol. The van der Waals surface area contributed by atoms with E-state index < -0.39 is 12.0 Å². The van der Waals surface area contributed by atoms with Gasteiger partial charge in [-0.3, -0.25) is 0 Å². The Morgan fingerprint density at radius 1 is 1.19 bits per heavy atom. The van der Waals surface area contributed by atoms with Crippen LogP contribution in [0.3, 0.4) is 0 Å². The Kier molecular flexibility index (Phi) is 9.62. The maximum atomic E-state index is 12.1. The fourth-order valence-electron chi connectivity index (χ4n) is 4.74. The molecule has 0 amide bonds. The number of benzene rings is 1. The number of rotatable bonds is 14. The second kappa shape index (κ2) is 13.3. The van der Waals surface area contributed by atoms with Gasteiger partial charge < -0.3 is 25.4 Å². The van der Waals surface area contributed by atoms with E-state index in [0.717, 1.165) is 74.2 Å². The number of carbonyl (C=O) groups is 1. The number of aromatic nitrogens is 3. The van der Waals surface area contributed by atoms with Crippen LogP contribution in [0.15, 0.2) is 42.7 Å². The van der Waals surface area contributed by atoms with Crippen LogP contribution >= 0.6 is 0 Å². The van der Waals surface area contributed by atoms with Crippen LogP contribution in [0.2, 0.25) is 0 Å². The number of unbranched alkanes of at least 4 members (excludes halogenated alkanes) is 1. The van der Waals surface area contributed by atoms with Gasteiger partial charge in [0.2, 0.25) is 0 Å². The Bertz CT molecular complexity index is 1170. The van der Waals surface area contributed by atoms with Crippen molar-refractivity contribution in [1.82, 2.24) is 19.9 Å².